The van der Waals surface area contributed by atoms with Crippen molar-refractivity contribution in [1.29, 1.82) is 0 Å². The summed E-state index contributed by atoms with van der Waals surface area (Å²) < 4.78 is -0.576. The van der Waals surface area contributed by atoms with E-state index in [9.17, 15) is 9.59 Å². The van der Waals surface area contributed by atoms with Crippen molar-refractivity contribution in [2.24, 2.45) is 10.8 Å². The normalized spacial score (nSPS) is 15.6. The predicted octanol–water partition coefficient (Wildman–Crippen LogP) is 8.45. The summed E-state index contributed by atoms with van der Waals surface area (Å²) in [5, 5.41) is 7.25. The van der Waals surface area contributed by atoms with Crippen molar-refractivity contribution in [3.63, 3.8) is 0 Å². The van der Waals surface area contributed by atoms with Crippen molar-refractivity contribution < 1.29 is 9.59 Å². The first-order valence-corrected chi connectivity index (χ1v) is 16.6. The number of rotatable bonds is 12. The zero-order valence-corrected chi connectivity index (χ0v) is 30.1. The lowest BCUT2D eigenvalue weighted by Gasteiger charge is -2.41. The van der Waals surface area contributed by atoms with Crippen LogP contribution in [0.4, 0.5) is 0 Å². The van der Waals surface area contributed by atoms with Gasteiger partial charge in [-0.15, -0.1) is 23.5 Å². The van der Waals surface area contributed by atoms with Crippen LogP contribution in [-0.4, -0.2) is 44.2 Å². The molecule has 0 aromatic heterocycles. The van der Waals surface area contributed by atoms with Crippen molar-refractivity contribution in [3.05, 3.63) is 35.4 Å². The van der Waals surface area contributed by atoms with Crippen LogP contribution < -0.4 is 10.6 Å². The molecule has 1 aromatic carbocycles. The summed E-state index contributed by atoms with van der Waals surface area (Å²) in [5.41, 5.74) is 1.34. The monoisotopic (exact) mass is 592 g/mol. The van der Waals surface area contributed by atoms with Gasteiger partial charge in [-0.25, -0.2) is 0 Å². The number of nitrogens with one attached hydrogen (secondary N) is 2. The average molecular weight is 593 g/mol. The molecule has 1 rings (SSSR count). The van der Waals surface area contributed by atoms with Crippen LogP contribution >= 0.6 is 23.5 Å². The van der Waals surface area contributed by atoms with E-state index in [2.05, 4.69) is 104 Å². The summed E-state index contributed by atoms with van der Waals surface area (Å²) in [4.78, 5) is 27.0. The van der Waals surface area contributed by atoms with Crippen LogP contribution in [0.1, 0.15) is 122 Å². The fraction of sp³-hybridized carbons (Fsp3) is 0.765. The highest BCUT2D eigenvalue weighted by atomic mass is 32.2. The second kappa shape index (κ2) is 13.2. The van der Waals surface area contributed by atoms with Gasteiger partial charge in [-0.1, -0.05) is 65.8 Å². The van der Waals surface area contributed by atoms with Gasteiger partial charge in [-0.05, 0) is 80.4 Å². The zero-order chi connectivity index (χ0) is 31.5. The molecule has 2 atom stereocenters. The van der Waals surface area contributed by atoms with Crippen molar-refractivity contribution in [2.75, 3.05) is 0 Å². The Kier molecular flexibility index (Phi) is 12.3. The van der Waals surface area contributed by atoms with E-state index in [-0.39, 0.29) is 44.2 Å². The minimum Gasteiger partial charge on any atom is -0.302 e. The van der Waals surface area contributed by atoms with E-state index in [0.29, 0.717) is 0 Å². The second-order valence-electron chi connectivity index (χ2n) is 16.5. The van der Waals surface area contributed by atoms with Gasteiger partial charge in [0, 0.05) is 42.9 Å². The summed E-state index contributed by atoms with van der Waals surface area (Å²) in [6.45, 7) is 33.5. The predicted molar refractivity (Wildman–Crippen MR) is 179 cm³/mol. The van der Waals surface area contributed by atoms with Gasteiger partial charge in [0.05, 0.1) is 12.1 Å². The number of carbonyl (C=O) groups is 2. The highest BCUT2D eigenvalue weighted by molar-refractivity contribution is 8.00. The van der Waals surface area contributed by atoms with E-state index in [1.807, 2.05) is 65.1 Å². The number of benzene rings is 1. The van der Waals surface area contributed by atoms with Crippen molar-refractivity contribution >= 4 is 35.1 Å². The Labute approximate surface area is 255 Å². The molecular weight excluding hydrogens is 533 g/mol. The van der Waals surface area contributed by atoms with Crippen molar-refractivity contribution in [1.82, 2.24) is 10.6 Å². The summed E-state index contributed by atoms with van der Waals surface area (Å²) in [5.74, 6) is 2.14. The molecule has 0 saturated carbocycles. The second-order valence-corrected chi connectivity index (χ2v) is 19.7. The lowest BCUT2D eigenvalue weighted by Crippen LogP contribution is -2.59. The third kappa shape index (κ3) is 12.2. The highest BCUT2D eigenvalue weighted by Gasteiger charge is 2.43. The number of hydrogen-bond acceptors (Lipinski definition) is 6. The molecule has 0 bridgehead atoms. The van der Waals surface area contributed by atoms with E-state index in [4.69, 9.17) is 0 Å². The van der Waals surface area contributed by atoms with E-state index in [1.165, 1.54) is 11.1 Å². The fourth-order valence-corrected chi connectivity index (χ4v) is 6.46. The third-order valence-electron chi connectivity index (χ3n) is 6.76. The Hall–Kier alpha value is -0.820. The zero-order valence-electron chi connectivity index (χ0n) is 28.5. The first kappa shape index (κ1) is 37.2. The number of thioether (sulfide) groups is 2. The maximum absolute atomic E-state index is 13.5. The smallest absolute Gasteiger partial charge is 0.156 e. The molecule has 0 heterocycles. The fourth-order valence-electron chi connectivity index (χ4n) is 4.36. The van der Waals surface area contributed by atoms with Gasteiger partial charge in [0.1, 0.15) is 0 Å². The quantitative estimate of drug-likeness (QED) is 0.254. The van der Waals surface area contributed by atoms with Crippen LogP contribution in [0, 0.1) is 10.8 Å². The Balaban J connectivity index is 3.09. The maximum Gasteiger partial charge on any atom is 0.156 e. The number of carbonyl (C=O) groups excluding carboxylic acids is 2. The third-order valence-corrected chi connectivity index (χ3v) is 9.68. The Bertz CT molecular complexity index is 925. The number of Topliss-reactive ketones (excluding diaryl/α,β-unsaturated/α-hetero) is 2. The summed E-state index contributed by atoms with van der Waals surface area (Å²) in [6.07, 6.45) is 0. The lowest BCUT2D eigenvalue weighted by atomic mass is 9.81. The Morgan fingerprint density at radius 2 is 0.900 bits per heavy atom. The molecule has 0 amide bonds. The molecule has 0 spiro atoms. The molecule has 6 heteroatoms. The number of hydrogen-bond donors (Lipinski definition) is 2. The van der Waals surface area contributed by atoms with Crippen LogP contribution in [0.2, 0.25) is 0 Å². The molecule has 0 aliphatic heterocycles. The lowest BCUT2D eigenvalue weighted by molar-refractivity contribution is -0.130. The van der Waals surface area contributed by atoms with Gasteiger partial charge < -0.3 is 10.6 Å². The number of ketones is 2. The molecule has 0 aliphatic rings. The molecule has 0 saturated heterocycles. The van der Waals surface area contributed by atoms with Crippen LogP contribution in [0.3, 0.4) is 0 Å². The first-order chi connectivity index (χ1) is 17.7. The molecular formula is C34H60N2O2S2. The molecule has 2 N–H and O–H groups in total. The Morgan fingerprint density at radius 3 is 1.15 bits per heavy atom. The van der Waals surface area contributed by atoms with Crippen LogP contribution in [-0.2, 0) is 21.1 Å². The minimum atomic E-state index is -0.418. The molecule has 230 valence electrons. The van der Waals surface area contributed by atoms with E-state index >= 15 is 0 Å². The first-order valence-electron chi connectivity index (χ1n) is 14.7. The van der Waals surface area contributed by atoms with Crippen molar-refractivity contribution in [3.8, 4) is 0 Å². The summed E-state index contributed by atoms with van der Waals surface area (Å²) in [7, 11) is 0. The molecule has 40 heavy (non-hydrogen) atoms. The summed E-state index contributed by atoms with van der Waals surface area (Å²) >= 11 is 3.66. The van der Waals surface area contributed by atoms with Gasteiger partial charge in [0.25, 0.3) is 0 Å². The molecule has 0 radical (unpaired) electrons. The molecule has 2 unspecified atom stereocenters. The average Bonchev–Trinajstić information content (AvgIpc) is 2.75. The molecule has 4 nitrogen and oxygen atoms in total. The van der Waals surface area contributed by atoms with Gasteiger partial charge in [-0.3, -0.25) is 9.59 Å². The standard InChI is InChI=1S/C34H60N2O2S2/c1-29(2,3)27(37)25(35-31(7,8)9)33(13,14)39-21-23-18-17-19-24(20-23)22-40-34(15,16)26(36-32(10,11)12)28(38)30(4,5)6/h17-20,25-26,35-36H,21-22H2,1-16H3. The topological polar surface area (TPSA) is 58.2 Å². The van der Waals surface area contributed by atoms with E-state index < -0.39 is 10.8 Å². The van der Waals surface area contributed by atoms with Crippen LogP contribution in [0.25, 0.3) is 0 Å². The molecule has 0 aliphatic carbocycles. The summed E-state index contributed by atoms with van der Waals surface area (Å²) in [6, 6.07) is 8.24. The van der Waals surface area contributed by atoms with E-state index in [1.54, 1.807) is 0 Å². The van der Waals surface area contributed by atoms with Gasteiger partial charge in [0.2, 0.25) is 0 Å². The maximum atomic E-state index is 13.5. The van der Waals surface area contributed by atoms with Gasteiger partial charge in [0.15, 0.2) is 11.6 Å². The highest BCUT2D eigenvalue weighted by Crippen LogP contribution is 2.38. The van der Waals surface area contributed by atoms with Crippen LogP contribution in [0.15, 0.2) is 24.3 Å². The SMILES string of the molecule is CC(C)(C)NC(C(=O)C(C)(C)C)C(C)(C)SCc1cccc(CSC(C)(C)C(NC(C)(C)C)C(=O)C(C)(C)C)c1. The van der Waals surface area contributed by atoms with Gasteiger partial charge >= 0.3 is 0 Å². The largest absolute Gasteiger partial charge is 0.302 e. The van der Waals surface area contributed by atoms with Gasteiger partial charge in [-0.2, -0.15) is 0 Å². The molecule has 1 aromatic rings. The molecule has 0 fully saturated rings. The van der Waals surface area contributed by atoms with E-state index in [0.717, 1.165) is 11.5 Å². The minimum absolute atomic E-state index is 0.165. The van der Waals surface area contributed by atoms with Crippen LogP contribution in [0.5, 0.6) is 0 Å². The Morgan fingerprint density at radius 1 is 0.600 bits per heavy atom. The van der Waals surface area contributed by atoms with Crippen molar-refractivity contribution in [2.45, 2.75) is 155 Å².